The standard InChI is InChI=1S/C70H80O10SSeSi/c1-52-35-37-56(38-36-52)81(71)44-43-73-63-46-62(74-50-55-27-15-7-16-28-55)60(39-41-72-49-54-25-13-6-14-26-54)77-66(63)48-69(82-57-29-17-8-18-30-57)80-64-47-65-67(51-75-68(79-65)45-53-23-11-5-12-24-53)78-61(64)40-42-76-83(70(2,3)4,58-31-19-9-20-32-58)59-33-21-10-22-34-59/h5-38,43-44,60-69H,39-42,45-51H2,1-4H3/b44-43-/t60-,61-,62+,63-,64+,65-,66+,67+,68?,69?,81?/m0/s1. The van der Waals surface area contributed by atoms with Gasteiger partial charge in [-0.15, -0.1) is 0 Å². The number of hydrogen-bond acceptors (Lipinski definition) is 10. The predicted molar refractivity (Wildman–Crippen MR) is 332 cm³/mol. The van der Waals surface area contributed by atoms with E-state index in [9.17, 15) is 4.21 Å². The summed E-state index contributed by atoms with van der Waals surface area (Å²) >= 11 is -0.188. The van der Waals surface area contributed by atoms with E-state index in [1.54, 1.807) is 11.7 Å². The molecule has 3 fully saturated rings. The summed E-state index contributed by atoms with van der Waals surface area (Å²) in [6, 6.07) is 70.8. The molecule has 3 unspecified atom stereocenters. The van der Waals surface area contributed by atoms with Crippen molar-refractivity contribution in [1.29, 1.82) is 0 Å². The van der Waals surface area contributed by atoms with Gasteiger partial charge in [0.15, 0.2) is 0 Å². The predicted octanol–water partition coefficient (Wildman–Crippen LogP) is 11.5. The quantitative estimate of drug-likeness (QED) is 0.0296. The molecule has 0 aromatic heterocycles. The molecule has 0 aliphatic carbocycles. The van der Waals surface area contributed by atoms with Crippen LogP contribution in [0.4, 0.5) is 0 Å². The maximum absolute atomic E-state index is 13.7. The topological polar surface area (TPSA) is 100 Å². The second kappa shape index (κ2) is 30.1. The molecule has 7 aromatic rings. The van der Waals surface area contributed by atoms with Gasteiger partial charge in [-0.2, -0.15) is 0 Å². The van der Waals surface area contributed by atoms with Crippen molar-refractivity contribution >= 4 is 48.9 Å². The SMILES string of the molecule is Cc1ccc(S(=O)/C=C\O[C@H]2C[C@@H](OCc3ccccc3)[C@H](CCOCc3ccccc3)O[C@@H]2CC(O[C@@H]2C[C@@H]3OC(Cc4ccccc4)OC[C@H]3O[C@H]2CCO[Si](c2ccccc2)(c2ccccc2)C(C)(C)C)[Se]c2ccccc2)cc1. The summed E-state index contributed by atoms with van der Waals surface area (Å²) in [4.78, 5) is 0.703. The van der Waals surface area contributed by atoms with E-state index in [-0.39, 0.29) is 61.6 Å². The molecule has 3 aliphatic rings. The molecule has 3 saturated heterocycles. The van der Waals surface area contributed by atoms with E-state index >= 15 is 0 Å². The Morgan fingerprint density at radius 2 is 1.17 bits per heavy atom. The van der Waals surface area contributed by atoms with Gasteiger partial charge in [-0.25, -0.2) is 0 Å². The maximum atomic E-state index is 13.7. The molecule has 10 rings (SSSR count). The van der Waals surface area contributed by atoms with Crippen LogP contribution in [0, 0.1) is 6.92 Å². The Hall–Kier alpha value is -5.35. The summed E-state index contributed by atoms with van der Waals surface area (Å²) in [6.07, 6.45) is 1.84. The zero-order valence-corrected chi connectivity index (χ0v) is 51.8. The zero-order chi connectivity index (χ0) is 57.3. The third-order valence-corrected chi connectivity index (χ3v) is 24.3. The van der Waals surface area contributed by atoms with E-state index in [2.05, 4.69) is 160 Å². The van der Waals surface area contributed by atoms with Crippen molar-refractivity contribution in [3.63, 3.8) is 0 Å². The van der Waals surface area contributed by atoms with Crippen LogP contribution in [0.5, 0.6) is 0 Å². The Bertz CT molecular complexity index is 3010. The number of benzene rings is 7. The first-order valence-electron chi connectivity index (χ1n) is 29.4. The van der Waals surface area contributed by atoms with Gasteiger partial charge in [-0.05, 0) is 6.92 Å². The Labute approximate surface area is 501 Å². The van der Waals surface area contributed by atoms with Gasteiger partial charge in [-0.1, -0.05) is 6.07 Å². The number of fused-ring (bicyclic) bond motifs is 1. The normalized spacial score (nSPS) is 23.7. The van der Waals surface area contributed by atoms with E-state index in [0.29, 0.717) is 76.5 Å². The molecule has 83 heavy (non-hydrogen) atoms. The van der Waals surface area contributed by atoms with E-state index in [1.165, 1.54) is 14.8 Å². The summed E-state index contributed by atoms with van der Waals surface area (Å²) in [6.45, 7) is 11.2. The minimum atomic E-state index is -2.88. The van der Waals surface area contributed by atoms with Crippen LogP contribution in [0.1, 0.15) is 75.1 Å². The average molecular weight is 1220 g/mol. The van der Waals surface area contributed by atoms with Gasteiger partial charge in [0, 0.05) is 0 Å². The number of aryl methyl sites for hydroxylation is 1. The first-order valence-corrected chi connectivity index (χ1v) is 34.3. The van der Waals surface area contributed by atoms with E-state index < -0.39 is 37.6 Å². The van der Waals surface area contributed by atoms with Gasteiger partial charge in [0.1, 0.15) is 0 Å². The molecule has 7 aromatic carbocycles. The van der Waals surface area contributed by atoms with Crippen LogP contribution >= 0.6 is 0 Å². The fraction of sp³-hybridized carbons (Fsp3) is 0.371. The molecule has 0 bridgehead atoms. The molecule has 10 nitrogen and oxygen atoms in total. The minimum absolute atomic E-state index is 0.188. The van der Waals surface area contributed by atoms with Gasteiger partial charge in [0.25, 0.3) is 0 Å². The molecule has 11 atom stereocenters. The Morgan fingerprint density at radius 3 is 1.80 bits per heavy atom. The van der Waals surface area contributed by atoms with Crippen LogP contribution in [0.3, 0.4) is 0 Å². The van der Waals surface area contributed by atoms with Gasteiger partial charge in [0.05, 0.1) is 0 Å². The third kappa shape index (κ3) is 16.8. The van der Waals surface area contributed by atoms with Gasteiger partial charge in [-0.3, -0.25) is 0 Å². The summed E-state index contributed by atoms with van der Waals surface area (Å²) in [7, 11) is -4.31. The molecule has 0 N–H and O–H groups in total. The zero-order valence-electron chi connectivity index (χ0n) is 48.2. The average Bonchev–Trinajstić information content (AvgIpc) is 3.42. The molecule has 0 saturated carbocycles. The second-order valence-corrected chi connectivity index (χ2v) is 31.0. The number of rotatable bonds is 26. The van der Waals surface area contributed by atoms with E-state index in [1.807, 2.05) is 73.7 Å². The molecule has 3 aliphatic heterocycles. The molecule has 436 valence electrons. The molecular weight excluding hydrogens is 1140 g/mol. The molecule has 3 heterocycles. The van der Waals surface area contributed by atoms with E-state index in [4.69, 9.17) is 42.3 Å². The first kappa shape index (κ1) is 60.8. The summed E-state index contributed by atoms with van der Waals surface area (Å²) in [5.41, 5.74) is 4.44. The van der Waals surface area contributed by atoms with Crippen LogP contribution in [0.25, 0.3) is 0 Å². The molecule has 0 radical (unpaired) electrons. The van der Waals surface area contributed by atoms with Crippen molar-refractivity contribution in [1.82, 2.24) is 0 Å². The Balaban J connectivity index is 0.953. The number of hydrogen-bond donors (Lipinski definition) is 0. The summed E-state index contributed by atoms with van der Waals surface area (Å²) < 4.78 is 78.0. The van der Waals surface area contributed by atoms with E-state index in [0.717, 1.165) is 22.3 Å². The summed E-state index contributed by atoms with van der Waals surface area (Å²) in [5, 5.41) is 3.59. The van der Waals surface area contributed by atoms with Crippen molar-refractivity contribution < 1.29 is 46.5 Å². The Kier molecular flexibility index (Phi) is 22.1. The molecular formula is C70H80O10SSeSi. The van der Waals surface area contributed by atoms with Crippen molar-refractivity contribution in [3.05, 3.63) is 240 Å². The van der Waals surface area contributed by atoms with Crippen molar-refractivity contribution in [2.75, 3.05) is 19.8 Å². The van der Waals surface area contributed by atoms with Crippen molar-refractivity contribution in [3.8, 4) is 0 Å². The van der Waals surface area contributed by atoms with Gasteiger partial charge in [0.2, 0.25) is 0 Å². The fourth-order valence-corrected chi connectivity index (χ4v) is 19.2. The van der Waals surface area contributed by atoms with Crippen LogP contribution in [0.2, 0.25) is 5.04 Å². The monoisotopic (exact) mass is 1220 g/mol. The van der Waals surface area contributed by atoms with Crippen LogP contribution in [0.15, 0.2) is 223 Å². The van der Waals surface area contributed by atoms with Gasteiger partial charge >= 0.3 is 492 Å². The van der Waals surface area contributed by atoms with Crippen molar-refractivity contribution in [2.24, 2.45) is 0 Å². The molecule has 13 heteroatoms. The molecule has 0 spiro atoms. The second-order valence-electron chi connectivity index (χ2n) is 22.8. The molecule has 0 amide bonds. The van der Waals surface area contributed by atoms with Crippen LogP contribution in [-0.4, -0.2) is 107 Å². The van der Waals surface area contributed by atoms with Crippen LogP contribution in [-0.2, 0) is 72.8 Å². The fourth-order valence-electron chi connectivity index (χ4n) is 11.6. The number of ether oxygens (including phenoxy) is 8. The third-order valence-electron chi connectivity index (χ3n) is 15.9. The summed E-state index contributed by atoms with van der Waals surface area (Å²) in [5.74, 6) is 0. The van der Waals surface area contributed by atoms with Crippen molar-refractivity contribution in [2.45, 2.75) is 149 Å². The van der Waals surface area contributed by atoms with Gasteiger partial charge < -0.3 is 0 Å². The van der Waals surface area contributed by atoms with Crippen LogP contribution < -0.4 is 14.8 Å². The Morgan fingerprint density at radius 1 is 0.602 bits per heavy atom. The first-order chi connectivity index (χ1) is 40.6.